The van der Waals surface area contributed by atoms with E-state index >= 15 is 0 Å². The Morgan fingerprint density at radius 3 is 2.47 bits per heavy atom. The Morgan fingerprint density at radius 2 is 1.79 bits per heavy atom. The predicted molar refractivity (Wildman–Crippen MR) is 132 cm³/mol. The van der Waals surface area contributed by atoms with Crippen LogP contribution in [0.4, 0.5) is 13.2 Å². The van der Waals surface area contributed by atoms with Gasteiger partial charge in [0, 0.05) is 37.0 Å². The second kappa shape index (κ2) is 12.1. The van der Waals surface area contributed by atoms with E-state index in [-0.39, 0.29) is 24.4 Å². The number of ether oxygens (including phenoxy) is 2. The fourth-order valence-corrected chi connectivity index (χ4v) is 4.09. The van der Waals surface area contributed by atoms with Crippen molar-refractivity contribution in [2.45, 2.75) is 18.8 Å². The summed E-state index contributed by atoms with van der Waals surface area (Å²) in [5.74, 6) is -0.984. The highest BCUT2D eigenvalue weighted by Gasteiger charge is 2.33. The van der Waals surface area contributed by atoms with Crippen LogP contribution in [-0.2, 0) is 22.3 Å². The largest absolute Gasteiger partial charge is 0.489 e. The van der Waals surface area contributed by atoms with Crippen LogP contribution in [-0.4, -0.2) is 65.8 Å². The molecule has 200 valence electrons. The average molecular weight is 530 g/mol. The van der Waals surface area contributed by atoms with Gasteiger partial charge in [-0.15, -0.1) is 0 Å². The Kier molecular flexibility index (Phi) is 8.59. The number of nitrogens with zero attached hydrogens (tertiary/aromatic N) is 2. The number of carbonyl (C=O) groups is 2. The summed E-state index contributed by atoms with van der Waals surface area (Å²) < 4.78 is 51.2. The molecule has 3 aromatic rings. The van der Waals surface area contributed by atoms with Gasteiger partial charge in [0.15, 0.2) is 0 Å². The molecule has 1 aliphatic heterocycles. The number of amides is 1. The molecule has 0 unspecified atom stereocenters. The maximum Gasteiger partial charge on any atom is 0.417 e. The second-order valence-electron chi connectivity index (χ2n) is 8.62. The van der Waals surface area contributed by atoms with Crippen molar-refractivity contribution in [3.8, 4) is 17.0 Å². The lowest BCUT2D eigenvalue weighted by atomic mass is 10.0. The number of carbonyl (C=O) groups excluding carboxylic acids is 1. The minimum absolute atomic E-state index is 0.0176. The van der Waals surface area contributed by atoms with Crippen LogP contribution in [0.3, 0.4) is 0 Å². The van der Waals surface area contributed by atoms with E-state index in [0.717, 1.165) is 6.07 Å². The molecular weight excluding hydrogens is 503 g/mol. The van der Waals surface area contributed by atoms with Crippen molar-refractivity contribution in [2.75, 3.05) is 32.8 Å². The number of aliphatic carboxylic acids is 1. The third-order valence-corrected chi connectivity index (χ3v) is 6.08. The van der Waals surface area contributed by atoms with Gasteiger partial charge in [-0.2, -0.15) is 13.2 Å². The number of carboxylic acids is 1. The summed E-state index contributed by atoms with van der Waals surface area (Å²) in [5, 5.41) is 12.2. The van der Waals surface area contributed by atoms with E-state index in [1.54, 1.807) is 41.3 Å². The van der Waals surface area contributed by atoms with Crippen LogP contribution in [0.2, 0.25) is 0 Å². The molecule has 0 saturated carbocycles. The van der Waals surface area contributed by atoms with Crippen molar-refractivity contribution in [1.29, 1.82) is 0 Å². The van der Waals surface area contributed by atoms with Crippen LogP contribution in [0.5, 0.6) is 5.75 Å². The van der Waals surface area contributed by atoms with E-state index in [1.807, 2.05) is 0 Å². The van der Waals surface area contributed by atoms with Gasteiger partial charge in [-0.25, -0.2) is 0 Å². The zero-order valence-electron chi connectivity index (χ0n) is 20.3. The van der Waals surface area contributed by atoms with Gasteiger partial charge in [-0.05, 0) is 48.0 Å². The Hall–Kier alpha value is -3.96. The molecule has 4 rings (SSSR count). The molecular formula is C27H26F3N3O5. The van der Waals surface area contributed by atoms with Crippen molar-refractivity contribution in [1.82, 2.24) is 15.2 Å². The van der Waals surface area contributed by atoms with E-state index in [9.17, 15) is 27.9 Å². The van der Waals surface area contributed by atoms with Crippen LogP contribution in [0.1, 0.15) is 21.5 Å². The summed E-state index contributed by atoms with van der Waals surface area (Å²) >= 11 is 0. The first-order chi connectivity index (χ1) is 18.2. The molecule has 1 aromatic heterocycles. The van der Waals surface area contributed by atoms with Crippen LogP contribution >= 0.6 is 0 Å². The first kappa shape index (κ1) is 27.1. The molecule has 0 aliphatic carbocycles. The number of aromatic nitrogens is 1. The molecule has 2 aromatic carbocycles. The van der Waals surface area contributed by atoms with Crippen molar-refractivity contribution in [3.63, 3.8) is 0 Å². The number of pyridine rings is 1. The zero-order valence-corrected chi connectivity index (χ0v) is 20.3. The number of benzene rings is 2. The normalized spacial score (nSPS) is 15.0. The Morgan fingerprint density at radius 1 is 1.08 bits per heavy atom. The van der Waals surface area contributed by atoms with E-state index in [0.29, 0.717) is 43.2 Å². The summed E-state index contributed by atoms with van der Waals surface area (Å²) in [6, 6.07) is 13.9. The third-order valence-electron chi connectivity index (χ3n) is 6.08. The number of carboxylic acid groups (broad SMARTS) is 1. The lowest BCUT2D eigenvalue weighted by Gasteiger charge is -2.31. The molecule has 8 nitrogen and oxygen atoms in total. The van der Waals surface area contributed by atoms with Gasteiger partial charge in [-0.3, -0.25) is 19.5 Å². The molecule has 0 radical (unpaired) electrons. The second-order valence-corrected chi connectivity index (χ2v) is 8.62. The summed E-state index contributed by atoms with van der Waals surface area (Å²) in [6.45, 7) is 1.88. The van der Waals surface area contributed by atoms with Crippen molar-refractivity contribution in [2.24, 2.45) is 0 Å². The van der Waals surface area contributed by atoms with Gasteiger partial charge in [0.05, 0.1) is 24.5 Å². The Labute approximate surface area is 217 Å². The molecule has 38 heavy (non-hydrogen) atoms. The Bertz CT molecular complexity index is 1260. The average Bonchev–Trinajstić information content (AvgIpc) is 2.92. The van der Waals surface area contributed by atoms with Crippen LogP contribution in [0, 0.1) is 0 Å². The first-order valence-electron chi connectivity index (χ1n) is 11.9. The van der Waals surface area contributed by atoms with E-state index in [4.69, 9.17) is 9.47 Å². The molecule has 1 amide bonds. The van der Waals surface area contributed by atoms with Gasteiger partial charge in [0.2, 0.25) is 0 Å². The van der Waals surface area contributed by atoms with Gasteiger partial charge in [0.25, 0.3) is 5.91 Å². The van der Waals surface area contributed by atoms with Crippen LogP contribution in [0.25, 0.3) is 11.3 Å². The summed E-state index contributed by atoms with van der Waals surface area (Å²) in [4.78, 5) is 30.0. The zero-order chi connectivity index (χ0) is 27.1. The number of rotatable bonds is 9. The highest BCUT2D eigenvalue weighted by Crippen LogP contribution is 2.36. The van der Waals surface area contributed by atoms with E-state index < -0.39 is 29.7 Å². The molecule has 1 fully saturated rings. The minimum atomic E-state index is -4.50. The number of hydrogen-bond donors (Lipinski definition) is 2. The predicted octanol–water partition coefficient (Wildman–Crippen LogP) is 3.86. The van der Waals surface area contributed by atoms with Crippen molar-refractivity contribution < 1.29 is 37.3 Å². The number of morpholine rings is 1. The maximum absolute atomic E-state index is 13.4. The highest BCUT2D eigenvalue weighted by molar-refractivity contribution is 5.94. The van der Waals surface area contributed by atoms with Crippen molar-refractivity contribution >= 4 is 11.9 Å². The standard InChI is InChI=1S/C27H26F3N3O5/c28-27(29,30)22-4-2-1-3-21(22)23-15-18(9-10-31-23)17-38-20-7-5-19(6-8-20)25(34)32-16-24(26(35)36)33-11-13-37-14-12-33/h1-10,15,24H,11-14,16-17H2,(H,32,34)(H,35,36)/t24-/m0/s1. The van der Waals surface area contributed by atoms with Crippen LogP contribution < -0.4 is 10.1 Å². The fraction of sp³-hybridized carbons (Fsp3) is 0.296. The summed E-state index contributed by atoms with van der Waals surface area (Å²) in [7, 11) is 0. The van der Waals surface area contributed by atoms with Gasteiger partial charge >= 0.3 is 12.1 Å². The Balaban J connectivity index is 1.35. The monoisotopic (exact) mass is 529 g/mol. The third kappa shape index (κ3) is 6.87. The maximum atomic E-state index is 13.4. The lowest BCUT2D eigenvalue weighted by Crippen LogP contribution is -2.52. The number of halogens is 3. The lowest BCUT2D eigenvalue weighted by molar-refractivity contribution is -0.144. The fourth-order valence-electron chi connectivity index (χ4n) is 4.09. The molecule has 2 heterocycles. The van der Waals surface area contributed by atoms with E-state index in [1.165, 1.54) is 24.4 Å². The molecule has 1 atom stereocenters. The van der Waals surface area contributed by atoms with Crippen LogP contribution in [0.15, 0.2) is 66.9 Å². The van der Waals surface area contributed by atoms with E-state index in [2.05, 4.69) is 10.3 Å². The molecule has 11 heteroatoms. The molecule has 1 saturated heterocycles. The summed E-state index contributed by atoms with van der Waals surface area (Å²) in [6.07, 6.45) is -3.08. The number of nitrogens with one attached hydrogen (secondary N) is 1. The quantitative estimate of drug-likeness (QED) is 0.434. The summed E-state index contributed by atoms with van der Waals surface area (Å²) in [5.41, 5.74) is 0.354. The van der Waals surface area contributed by atoms with Gasteiger partial charge < -0.3 is 19.9 Å². The SMILES string of the molecule is O=C(NC[C@@H](C(=O)O)N1CCOCC1)c1ccc(OCc2ccnc(-c3ccccc3C(F)(F)F)c2)cc1. The minimum Gasteiger partial charge on any atom is -0.489 e. The smallest absolute Gasteiger partial charge is 0.417 e. The number of alkyl halides is 3. The molecule has 0 spiro atoms. The molecule has 0 bridgehead atoms. The van der Waals surface area contributed by atoms with Gasteiger partial charge in [-0.1, -0.05) is 18.2 Å². The topological polar surface area (TPSA) is 101 Å². The first-order valence-corrected chi connectivity index (χ1v) is 11.9. The van der Waals surface area contributed by atoms with Gasteiger partial charge in [0.1, 0.15) is 18.4 Å². The highest BCUT2D eigenvalue weighted by atomic mass is 19.4. The molecule has 2 N–H and O–H groups in total. The van der Waals surface area contributed by atoms with Crippen molar-refractivity contribution in [3.05, 3.63) is 83.6 Å². The number of hydrogen-bond acceptors (Lipinski definition) is 6. The molecule has 1 aliphatic rings.